The van der Waals surface area contributed by atoms with E-state index in [0.29, 0.717) is 5.03 Å². The van der Waals surface area contributed by atoms with Crippen molar-refractivity contribution in [3.05, 3.63) is 22.9 Å². The zero-order valence-electron chi connectivity index (χ0n) is 7.42. The second kappa shape index (κ2) is 4.19. The van der Waals surface area contributed by atoms with Crippen LogP contribution in [0.1, 0.15) is 0 Å². The molecular weight excluding hydrogens is 282 g/mol. The molecule has 0 amide bonds. The molecule has 0 aromatic carbocycles. The molecule has 78 valence electrons. The van der Waals surface area contributed by atoms with Gasteiger partial charge in [0, 0.05) is 0 Å². The van der Waals surface area contributed by atoms with E-state index in [4.69, 9.17) is 5.11 Å². The number of halogens is 1. The molecule has 0 bridgehead atoms. The largest absolute Gasteiger partial charge is 0.481 e. The van der Waals surface area contributed by atoms with Gasteiger partial charge in [0.05, 0.1) is 11.9 Å². The zero-order chi connectivity index (χ0) is 10.8. The lowest BCUT2D eigenvalue weighted by Gasteiger charge is -1.99. The smallest absolute Gasteiger partial charge is 0.313 e. The lowest BCUT2D eigenvalue weighted by atomic mass is 10.6. The van der Waals surface area contributed by atoms with E-state index in [1.165, 1.54) is 11.8 Å². The van der Waals surface area contributed by atoms with Crippen LogP contribution in [0.25, 0.3) is 5.65 Å². The van der Waals surface area contributed by atoms with Gasteiger partial charge in [-0.25, -0.2) is 9.50 Å². The van der Waals surface area contributed by atoms with Crippen molar-refractivity contribution < 1.29 is 9.90 Å². The number of nitrogens with zero attached hydrogens (tertiary/aromatic N) is 3. The Morgan fingerprint density at radius 1 is 1.60 bits per heavy atom. The third kappa shape index (κ3) is 2.29. The van der Waals surface area contributed by atoms with Gasteiger partial charge < -0.3 is 5.11 Å². The molecule has 0 radical (unpaired) electrons. The van der Waals surface area contributed by atoms with Crippen molar-refractivity contribution in [2.75, 3.05) is 5.75 Å². The monoisotopic (exact) mass is 287 g/mol. The van der Waals surface area contributed by atoms with E-state index in [1.807, 2.05) is 0 Å². The molecule has 0 aliphatic heterocycles. The van der Waals surface area contributed by atoms with Crippen LogP contribution in [0.2, 0.25) is 0 Å². The van der Waals surface area contributed by atoms with Crippen molar-refractivity contribution in [2.24, 2.45) is 0 Å². The molecule has 2 aromatic heterocycles. The Hall–Kier alpha value is -1.08. The summed E-state index contributed by atoms with van der Waals surface area (Å²) < 4.78 is 2.36. The summed E-state index contributed by atoms with van der Waals surface area (Å²) in [6, 6.07) is 3.55. The third-order valence-electron chi connectivity index (χ3n) is 1.64. The topological polar surface area (TPSA) is 67.5 Å². The van der Waals surface area contributed by atoms with Crippen LogP contribution >= 0.6 is 27.7 Å². The van der Waals surface area contributed by atoms with E-state index in [0.717, 1.165) is 10.3 Å². The summed E-state index contributed by atoms with van der Waals surface area (Å²) in [6.45, 7) is 0. The molecule has 5 nitrogen and oxygen atoms in total. The van der Waals surface area contributed by atoms with Gasteiger partial charge in [-0.1, -0.05) is 11.8 Å². The predicted octanol–water partition coefficient (Wildman–Crippen LogP) is 1.67. The molecule has 0 aliphatic carbocycles. The third-order valence-corrected chi connectivity index (χ3v) is 3.09. The Morgan fingerprint density at radius 2 is 2.40 bits per heavy atom. The number of rotatable bonds is 3. The SMILES string of the molecule is O=C(O)CSc1ccc2ncc(Br)n2n1. The number of carbonyl (C=O) groups is 1. The maximum atomic E-state index is 10.4. The fourth-order valence-electron chi connectivity index (χ4n) is 1.04. The fraction of sp³-hybridized carbons (Fsp3) is 0.125. The molecule has 0 unspecified atom stereocenters. The molecule has 0 saturated heterocycles. The highest BCUT2D eigenvalue weighted by Gasteiger charge is 2.05. The summed E-state index contributed by atoms with van der Waals surface area (Å²) >= 11 is 4.47. The lowest BCUT2D eigenvalue weighted by Crippen LogP contribution is -2.00. The second-order valence-electron chi connectivity index (χ2n) is 2.70. The van der Waals surface area contributed by atoms with Gasteiger partial charge in [-0.2, -0.15) is 5.10 Å². The average Bonchev–Trinajstić information content (AvgIpc) is 2.57. The Bertz CT molecular complexity index is 514. The van der Waals surface area contributed by atoms with Crippen molar-refractivity contribution >= 4 is 39.3 Å². The molecule has 2 rings (SSSR count). The zero-order valence-corrected chi connectivity index (χ0v) is 9.82. The highest BCUT2D eigenvalue weighted by molar-refractivity contribution is 9.10. The number of fused-ring (bicyclic) bond motifs is 1. The Morgan fingerprint density at radius 3 is 3.13 bits per heavy atom. The number of imidazole rings is 1. The maximum absolute atomic E-state index is 10.4. The van der Waals surface area contributed by atoms with Crippen molar-refractivity contribution in [3.63, 3.8) is 0 Å². The molecule has 7 heteroatoms. The highest BCUT2D eigenvalue weighted by atomic mass is 79.9. The van der Waals surface area contributed by atoms with Crippen LogP contribution in [-0.2, 0) is 4.79 Å². The van der Waals surface area contributed by atoms with Crippen molar-refractivity contribution in [1.29, 1.82) is 0 Å². The van der Waals surface area contributed by atoms with Gasteiger partial charge in [0.25, 0.3) is 0 Å². The normalized spacial score (nSPS) is 10.7. The van der Waals surface area contributed by atoms with Gasteiger partial charge in [0.2, 0.25) is 0 Å². The summed E-state index contributed by atoms with van der Waals surface area (Å²) in [5.41, 5.74) is 0.724. The summed E-state index contributed by atoms with van der Waals surface area (Å²) in [7, 11) is 0. The molecule has 2 aromatic rings. The quantitative estimate of drug-likeness (QED) is 0.870. The minimum atomic E-state index is -0.855. The minimum Gasteiger partial charge on any atom is -0.481 e. The van der Waals surface area contributed by atoms with Crippen LogP contribution in [0.3, 0.4) is 0 Å². The van der Waals surface area contributed by atoms with Crippen LogP contribution < -0.4 is 0 Å². The Kier molecular flexibility index (Phi) is 2.92. The van der Waals surface area contributed by atoms with Crippen molar-refractivity contribution in [2.45, 2.75) is 5.03 Å². The number of aliphatic carboxylic acids is 1. The first-order valence-corrected chi connectivity index (χ1v) is 5.79. The van der Waals surface area contributed by atoms with Gasteiger partial charge in [-0.3, -0.25) is 4.79 Å². The summed E-state index contributed by atoms with van der Waals surface area (Å²) in [6.07, 6.45) is 1.65. The average molecular weight is 288 g/mol. The van der Waals surface area contributed by atoms with Crippen LogP contribution in [-0.4, -0.2) is 31.4 Å². The Labute approximate surface area is 97.6 Å². The molecule has 1 N–H and O–H groups in total. The maximum Gasteiger partial charge on any atom is 0.313 e. The number of aromatic nitrogens is 3. The molecule has 0 saturated carbocycles. The number of thioether (sulfide) groups is 1. The van der Waals surface area contributed by atoms with Gasteiger partial charge in [0.15, 0.2) is 5.65 Å². The highest BCUT2D eigenvalue weighted by Crippen LogP contribution is 2.17. The molecule has 0 fully saturated rings. The van der Waals surface area contributed by atoms with E-state index in [2.05, 4.69) is 26.0 Å². The first-order valence-electron chi connectivity index (χ1n) is 4.02. The van der Waals surface area contributed by atoms with Crippen LogP contribution in [0, 0.1) is 0 Å². The minimum absolute atomic E-state index is 0.00478. The summed E-state index contributed by atoms with van der Waals surface area (Å²) in [4.78, 5) is 14.5. The van der Waals surface area contributed by atoms with Gasteiger partial charge in [0.1, 0.15) is 9.63 Å². The molecule has 0 spiro atoms. The Balaban J connectivity index is 2.29. The molecular formula is C8H6BrN3O2S. The van der Waals surface area contributed by atoms with Gasteiger partial charge in [-0.05, 0) is 28.1 Å². The number of hydrogen-bond acceptors (Lipinski definition) is 4. The number of hydrogen-bond donors (Lipinski definition) is 1. The summed E-state index contributed by atoms with van der Waals surface area (Å²) in [5, 5.41) is 13.4. The number of carboxylic acids is 1. The van der Waals surface area contributed by atoms with Crippen molar-refractivity contribution in [3.8, 4) is 0 Å². The van der Waals surface area contributed by atoms with Crippen molar-refractivity contribution in [1.82, 2.24) is 14.6 Å². The predicted molar refractivity (Wildman–Crippen MR) is 59.0 cm³/mol. The van der Waals surface area contributed by atoms with E-state index < -0.39 is 5.97 Å². The van der Waals surface area contributed by atoms with E-state index in [9.17, 15) is 4.79 Å². The first kappa shape index (κ1) is 10.4. The van der Waals surface area contributed by atoms with Crippen LogP contribution in [0.5, 0.6) is 0 Å². The fourth-order valence-corrected chi connectivity index (χ4v) is 1.98. The molecule has 15 heavy (non-hydrogen) atoms. The van der Waals surface area contributed by atoms with E-state index in [-0.39, 0.29) is 5.75 Å². The summed E-state index contributed by atoms with van der Waals surface area (Å²) in [5.74, 6) is -0.850. The van der Waals surface area contributed by atoms with E-state index >= 15 is 0 Å². The standard InChI is InChI=1S/C8H6BrN3O2S/c9-5-3-10-6-1-2-7(11-12(5)6)15-4-8(13)14/h1-3H,4H2,(H,13,14). The molecule has 2 heterocycles. The van der Waals surface area contributed by atoms with Crippen LogP contribution in [0.4, 0.5) is 0 Å². The van der Waals surface area contributed by atoms with Gasteiger partial charge in [-0.15, -0.1) is 0 Å². The van der Waals surface area contributed by atoms with Gasteiger partial charge >= 0.3 is 5.97 Å². The molecule has 0 atom stereocenters. The van der Waals surface area contributed by atoms with Crippen LogP contribution in [0.15, 0.2) is 28.0 Å². The first-order chi connectivity index (χ1) is 7.16. The lowest BCUT2D eigenvalue weighted by molar-refractivity contribution is -0.133. The van der Waals surface area contributed by atoms with E-state index in [1.54, 1.807) is 22.8 Å². The molecule has 0 aliphatic rings. The number of carboxylic acid groups (broad SMARTS) is 1. The second-order valence-corrected chi connectivity index (χ2v) is 4.51.